The van der Waals surface area contributed by atoms with E-state index in [1.807, 2.05) is 0 Å². The summed E-state index contributed by atoms with van der Waals surface area (Å²) in [5.41, 5.74) is 0. The zero-order chi connectivity index (χ0) is 9.35. The summed E-state index contributed by atoms with van der Waals surface area (Å²) < 4.78 is 38.4. The summed E-state index contributed by atoms with van der Waals surface area (Å²) in [7, 11) is 1.45. The average Bonchev–Trinajstić information content (AvgIpc) is 2.16. The predicted octanol–water partition coefficient (Wildman–Crippen LogP) is 0.754. The van der Waals surface area contributed by atoms with Crippen LogP contribution in [0.2, 0.25) is 0 Å². The van der Waals surface area contributed by atoms with Crippen LogP contribution in [0.15, 0.2) is 0 Å². The van der Waals surface area contributed by atoms with Crippen LogP contribution in [0.25, 0.3) is 0 Å². The van der Waals surface area contributed by atoms with E-state index in [1.165, 1.54) is 11.9 Å². The molecule has 6 heteroatoms. The number of hydrogen-bond donors (Lipinski definition) is 0. The number of ether oxygens (including phenoxy) is 1. The van der Waals surface area contributed by atoms with Gasteiger partial charge in [-0.3, -0.25) is 9.53 Å². The van der Waals surface area contributed by atoms with Crippen molar-refractivity contribution in [2.24, 2.45) is 0 Å². The van der Waals surface area contributed by atoms with Crippen LogP contribution in [0.4, 0.5) is 13.2 Å². The molecule has 3 nitrogen and oxygen atoms in total. The first-order chi connectivity index (χ1) is 5.40. The molecule has 0 aliphatic carbocycles. The maximum absolute atomic E-state index is 11.6. The third-order valence-corrected chi connectivity index (χ3v) is 1.65. The molecule has 12 heavy (non-hydrogen) atoms. The van der Waals surface area contributed by atoms with Crippen molar-refractivity contribution in [1.82, 2.24) is 4.90 Å². The third kappa shape index (κ3) is 2.10. The van der Waals surface area contributed by atoms with Crippen molar-refractivity contribution in [2.45, 2.75) is 18.9 Å². The van der Waals surface area contributed by atoms with Gasteiger partial charge in [0, 0.05) is 20.0 Å². The minimum absolute atomic E-state index is 0.106. The maximum Gasteiger partial charge on any atom is 0.523 e. The monoisotopic (exact) mass is 183 g/mol. The summed E-state index contributed by atoms with van der Waals surface area (Å²) in [6.07, 6.45) is -5.95. The van der Waals surface area contributed by atoms with E-state index in [4.69, 9.17) is 0 Å². The van der Waals surface area contributed by atoms with Gasteiger partial charge in [-0.15, -0.1) is 13.2 Å². The van der Waals surface area contributed by atoms with Crippen molar-refractivity contribution >= 4 is 5.91 Å². The van der Waals surface area contributed by atoms with E-state index in [9.17, 15) is 18.0 Å². The number of carbonyl (C=O) groups excluding carboxylic acids is 1. The molecule has 70 valence electrons. The molecule has 1 fully saturated rings. The van der Waals surface area contributed by atoms with Crippen molar-refractivity contribution in [3.05, 3.63) is 0 Å². The molecule has 1 rings (SSSR count). The van der Waals surface area contributed by atoms with Gasteiger partial charge in [0.1, 0.15) is 6.10 Å². The lowest BCUT2D eigenvalue weighted by atomic mass is 10.3. The highest BCUT2D eigenvalue weighted by atomic mass is 19.4. The van der Waals surface area contributed by atoms with E-state index < -0.39 is 18.4 Å². The lowest BCUT2D eigenvalue weighted by Gasteiger charge is -2.12. The fraction of sp³-hybridized carbons (Fsp3) is 0.833. The Hall–Kier alpha value is -0.780. The molecule has 0 spiro atoms. The Balaban J connectivity index is 2.50. The zero-order valence-electron chi connectivity index (χ0n) is 6.39. The van der Waals surface area contributed by atoms with Gasteiger partial charge in [0.15, 0.2) is 0 Å². The van der Waals surface area contributed by atoms with Gasteiger partial charge in [-0.1, -0.05) is 0 Å². The summed E-state index contributed by atoms with van der Waals surface area (Å²) in [6.45, 7) is 0.319. The zero-order valence-corrected chi connectivity index (χ0v) is 6.39. The number of halogens is 3. The van der Waals surface area contributed by atoms with Gasteiger partial charge < -0.3 is 4.90 Å². The highest BCUT2D eigenvalue weighted by Gasteiger charge is 2.40. The Kier molecular flexibility index (Phi) is 2.27. The smallest absolute Gasteiger partial charge is 0.343 e. The molecule has 1 atom stereocenters. The van der Waals surface area contributed by atoms with Crippen LogP contribution in [0, 0.1) is 0 Å². The summed E-state index contributed by atoms with van der Waals surface area (Å²) >= 11 is 0. The van der Waals surface area contributed by atoms with E-state index in [1.54, 1.807) is 0 Å². The average molecular weight is 183 g/mol. The van der Waals surface area contributed by atoms with Gasteiger partial charge in [-0.25, -0.2) is 0 Å². The summed E-state index contributed by atoms with van der Waals surface area (Å²) in [6, 6.07) is 0. The molecule has 0 saturated carbocycles. The van der Waals surface area contributed by atoms with E-state index in [-0.39, 0.29) is 6.42 Å². The van der Waals surface area contributed by atoms with E-state index in [2.05, 4.69) is 4.74 Å². The fourth-order valence-corrected chi connectivity index (χ4v) is 1.06. The first-order valence-electron chi connectivity index (χ1n) is 3.39. The molecule has 0 aromatic carbocycles. The Morgan fingerprint density at radius 3 is 2.50 bits per heavy atom. The van der Waals surface area contributed by atoms with Crippen molar-refractivity contribution in [2.75, 3.05) is 13.6 Å². The number of amides is 1. The molecule has 1 unspecified atom stereocenters. The number of likely N-dealkylation sites (tertiary alicyclic amines) is 1. The molecule has 1 saturated heterocycles. The van der Waals surface area contributed by atoms with Gasteiger partial charge in [-0.2, -0.15) is 0 Å². The van der Waals surface area contributed by atoms with Gasteiger partial charge in [-0.05, 0) is 0 Å². The van der Waals surface area contributed by atoms with Gasteiger partial charge in [0.2, 0.25) is 0 Å². The summed E-state index contributed by atoms with van der Waals surface area (Å²) in [5.74, 6) is -0.604. The van der Waals surface area contributed by atoms with Crippen LogP contribution in [0.1, 0.15) is 6.42 Å². The third-order valence-electron chi connectivity index (χ3n) is 1.65. The van der Waals surface area contributed by atoms with Gasteiger partial charge in [0.25, 0.3) is 5.91 Å². The SMILES string of the molecule is CN1CCC(OC(F)(F)F)C1=O. The molecule has 1 heterocycles. The number of hydrogen-bond acceptors (Lipinski definition) is 2. The van der Waals surface area contributed by atoms with Crippen LogP contribution < -0.4 is 0 Å². The standard InChI is InChI=1S/C6H8F3NO2/c1-10-3-2-4(5(10)11)12-6(7,8)9/h4H,2-3H2,1H3. The normalized spacial score (nSPS) is 25.2. The van der Waals surface area contributed by atoms with E-state index in [0.717, 1.165) is 0 Å². The first kappa shape index (κ1) is 9.31. The second-order valence-electron chi connectivity index (χ2n) is 2.60. The highest BCUT2D eigenvalue weighted by Crippen LogP contribution is 2.23. The van der Waals surface area contributed by atoms with Crippen molar-refractivity contribution in [3.63, 3.8) is 0 Å². The van der Waals surface area contributed by atoms with Crippen LogP contribution in [-0.4, -0.2) is 36.9 Å². The largest absolute Gasteiger partial charge is 0.523 e. The number of nitrogens with zero attached hydrogens (tertiary/aromatic N) is 1. The van der Waals surface area contributed by atoms with Crippen molar-refractivity contribution in [3.8, 4) is 0 Å². The minimum Gasteiger partial charge on any atom is -0.343 e. The molecule has 0 bridgehead atoms. The number of carbonyl (C=O) groups is 1. The molecule has 0 aromatic rings. The highest BCUT2D eigenvalue weighted by molar-refractivity contribution is 5.82. The Morgan fingerprint density at radius 1 is 1.58 bits per heavy atom. The maximum atomic E-state index is 11.6. The van der Waals surface area contributed by atoms with Gasteiger partial charge >= 0.3 is 6.36 Å². The Morgan fingerprint density at radius 2 is 2.17 bits per heavy atom. The fourth-order valence-electron chi connectivity index (χ4n) is 1.06. The lowest BCUT2D eigenvalue weighted by molar-refractivity contribution is -0.336. The predicted molar refractivity (Wildman–Crippen MR) is 33.2 cm³/mol. The second-order valence-corrected chi connectivity index (χ2v) is 2.60. The molecule has 0 aromatic heterocycles. The number of likely N-dealkylation sites (N-methyl/N-ethyl adjacent to an activating group) is 1. The number of alkyl halides is 3. The Bertz CT molecular complexity index is 192. The lowest BCUT2D eigenvalue weighted by Crippen LogP contribution is -2.31. The molecule has 0 N–H and O–H groups in total. The van der Waals surface area contributed by atoms with Crippen molar-refractivity contribution < 1.29 is 22.7 Å². The first-order valence-corrected chi connectivity index (χ1v) is 3.39. The van der Waals surface area contributed by atoms with Crippen LogP contribution in [0.5, 0.6) is 0 Å². The van der Waals surface area contributed by atoms with Crippen LogP contribution >= 0.6 is 0 Å². The van der Waals surface area contributed by atoms with Gasteiger partial charge in [0.05, 0.1) is 0 Å². The number of rotatable bonds is 1. The molecular weight excluding hydrogens is 175 g/mol. The Labute approximate surface area is 67.1 Å². The van der Waals surface area contributed by atoms with Crippen molar-refractivity contribution in [1.29, 1.82) is 0 Å². The van der Waals surface area contributed by atoms with Crippen LogP contribution in [-0.2, 0) is 9.53 Å². The van der Waals surface area contributed by atoms with Crippen LogP contribution in [0.3, 0.4) is 0 Å². The summed E-state index contributed by atoms with van der Waals surface area (Å²) in [5, 5.41) is 0. The quantitative estimate of drug-likeness (QED) is 0.600. The second kappa shape index (κ2) is 2.93. The molecule has 1 aliphatic rings. The van der Waals surface area contributed by atoms with E-state index in [0.29, 0.717) is 6.54 Å². The summed E-state index contributed by atoms with van der Waals surface area (Å²) in [4.78, 5) is 12.1. The molecule has 0 radical (unpaired) electrons. The minimum atomic E-state index is -4.72. The van der Waals surface area contributed by atoms with E-state index >= 15 is 0 Å². The topological polar surface area (TPSA) is 29.5 Å². The molecule has 1 amide bonds. The molecular formula is C6H8F3NO2. The molecule has 1 aliphatic heterocycles.